The van der Waals surface area contributed by atoms with Gasteiger partial charge in [-0.25, -0.2) is 4.39 Å². The monoisotopic (exact) mass is 370 g/mol. The molecule has 0 aliphatic rings. The number of nitrogens with two attached hydrogens (primary N) is 1. The minimum atomic E-state index is -0.441. The van der Waals surface area contributed by atoms with Crippen LogP contribution in [0.2, 0.25) is 5.02 Å². The Morgan fingerprint density at radius 3 is 2.48 bits per heavy atom. The molecule has 5 heteroatoms. The molecule has 3 N–H and O–H groups in total. The predicted molar refractivity (Wildman–Crippen MR) is 88.6 cm³/mol. The Kier molecular flexibility index (Phi) is 5.76. The molecule has 0 saturated carbocycles. The fourth-order valence-electron chi connectivity index (χ4n) is 2.57. The lowest BCUT2D eigenvalue weighted by Gasteiger charge is -2.27. The Hall–Kier alpha value is -0.940. The summed E-state index contributed by atoms with van der Waals surface area (Å²) in [5, 5.41) is 0.0793. The van der Waals surface area contributed by atoms with Gasteiger partial charge in [-0.15, -0.1) is 0 Å². The van der Waals surface area contributed by atoms with Crippen molar-refractivity contribution >= 4 is 27.5 Å². The van der Waals surface area contributed by atoms with Crippen LogP contribution in [0, 0.1) is 5.82 Å². The topological polar surface area (TPSA) is 38.0 Å². The Morgan fingerprint density at radius 1 is 1.24 bits per heavy atom. The van der Waals surface area contributed by atoms with Gasteiger partial charge in [0.25, 0.3) is 0 Å². The van der Waals surface area contributed by atoms with Crippen molar-refractivity contribution in [1.29, 1.82) is 0 Å². The van der Waals surface area contributed by atoms with Gasteiger partial charge in [0.2, 0.25) is 0 Å². The maximum Gasteiger partial charge on any atom is 0.147 e. The molecule has 0 heterocycles. The molecule has 0 aliphatic carbocycles. The van der Waals surface area contributed by atoms with Crippen molar-refractivity contribution in [3.63, 3.8) is 0 Å². The fraction of sp³-hybridized carbons (Fsp3) is 0.250. The summed E-state index contributed by atoms with van der Waals surface area (Å²) in [6.07, 6.45) is 0.825. The largest absolute Gasteiger partial charge is 0.271 e. The Balaban J connectivity index is 2.45. The first-order valence-electron chi connectivity index (χ1n) is 6.74. The molecule has 0 aliphatic heterocycles. The summed E-state index contributed by atoms with van der Waals surface area (Å²) in [5.41, 5.74) is 4.33. The van der Waals surface area contributed by atoms with Gasteiger partial charge in [-0.05, 0) is 34.0 Å². The van der Waals surface area contributed by atoms with Crippen LogP contribution < -0.4 is 11.3 Å². The predicted octanol–water partition coefficient (Wildman–Crippen LogP) is 4.94. The van der Waals surface area contributed by atoms with Crippen LogP contribution >= 0.6 is 27.5 Å². The molecule has 0 radical (unpaired) electrons. The maximum absolute atomic E-state index is 14.5. The molecule has 0 aromatic heterocycles. The van der Waals surface area contributed by atoms with E-state index in [1.807, 2.05) is 30.3 Å². The minimum absolute atomic E-state index is 0.0583. The van der Waals surface area contributed by atoms with E-state index in [9.17, 15) is 4.39 Å². The van der Waals surface area contributed by atoms with E-state index in [2.05, 4.69) is 28.3 Å². The van der Waals surface area contributed by atoms with Crippen molar-refractivity contribution in [2.45, 2.75) is 25.3 Å². The van der Waals surface area contributed by atoms with Crippen LogP contribution in [0.25, 0.3) is 0 Å². The average Bonchev–Trinajstić information content (AvgIpc) is 2.52. The van der Waals surface area contributed by atoms with Crippen LogP contribution in [0.1, 0.15) is 36.4 Å². The fourth-order valence-corrected chi connectivity index (χ4v) is 3.05. The molecule has 112 valence electrons. The second kappa shape index (κ2) is 7.36. The third-order valence-electron chi connectivity index (χ3n) is 3.65. The molecule has 21 heavy (non-hydrogen) atoms. The molecule has 0 saturated heterocycles. The summed E-state index contributed by atoms with van der Waals surface area (Å²) in [6.45, 7) is 2.06. The molecule has 2 atom stereocenters. The van der Waals surface area contributed by atoms with Crippen molar-refractivity contribution in [2.24, 2.45) is 5.84 Å². The summed E-state index contributed by atoms with van der Waals surface area (Å²) in [5.74, 6) is 5.32. The van der Waals surface area contributed by atoms with Crippen LogP contribution in [0.4, 0.5) is 4.39 Å². The van der Waals surface area contributed by atoms with E-state index >= 15 is 0 Å². The smallest absolute Gasteiger partial charge is 0.147 e. The van der Waals surface area contributed by atoms with Gasteiger partial charge in [0, 0.05) is 16.0 Å². The summed E-state index contributed by atoms with van der Waals surface area (Å²) in [6, 6.07) is 13.0. The molecule has 0 spiro atoms. The zero-order valence-electron chi connectivity index (χ0n) is 11.6. The molecular weight excluding hydrogens is 355 g/mol. The quantitative estimate of drug-likeness (QED) is 0.444. The lowest BCUT2D eigenvalue weighted by atomic mass is 9.85. The van der Waals surface area contributed by atoms with Crippen LogP contribution in [0.5, 0.6) is 0 Å². The Bertz CT molecular complexity index is 607. The van der Waals surface area contributed by atoms with Gasteiger partial charge in [0.15, 0.2) is 0 Å². The van der Waals surface area contributed by atoms with Crippen molar-refractivity contribution in [3.8, 4) is 0 Å². The van der Waals surface area contributed by atoms with Gasteiger partial charge in [-0.3, -0.25) is 11.3 Å². The number of hydrogen-bond acceptors (Lipinski definition) is 2. The van der Waals surface area contributed by atoms with Crippen LogP contribution in [-0.4, -0.2) is 0 Å². The number of rotatable bonds is 5. The first kappa shape index (κ1) is 16.4. The lowest BCUT2D eigenvalue weighted by Crippen LogP contribution is -2.33. The number of hydrazine groups is 1. The van der Waals surface area contributed by atoms with E-state index in [0.717, 1.165) is 12.0 Å². The zero-order valence-corrected chi connectivity index (χ0v) is 14.0. The lowest BCUT2D eigenvalue weighted by molar-refractivity contribution is 0.427. The molecule has 2 rings (SSSR count). The van der Waals surface area contributed by atoms with Gasteiger partial charge in [-0.2, -0.15) is 0 Å². The van der Waals surface area contributed by atoms with Gasteiger partial charge >= 0.3 is 0 Å². The summed E-state index contributed by atoms with van der Waals surface area (Å²) in [4.78, 5) is 0. The molecule has 2 nitrogen and oxygen atoms in total. The van der Waals surface area contributed by atoms with Gasteiger partial charge in [0.05, 0.1) is 11.1 Å². The maximum atomic E-state index is 14.5. The zero-order chi connectivity index (χ0) is 15.4. The molecule has 0 bridgehead atoms. The highest BCUT2D eigenvalue weighted by molar-refractivity contribution is 9.10. The van der Waals surface area contributed by atoms with E-state index in [-0.39, 0.29) is 17.0 Å². The molecule has 2 unspecified atom stereocenters. The second-order valence-electron chi connectivity index (χ2n) is 4.83. The van der Waals surface area contributed by atoms with Gasteiger partial charge in [-0.1, -0.05) is 54.9 Å². The molecular formula is C16H17BrClFN2. The standard InChI is InChI=1S/C16H17BrClFN2/c1-2-11(10-6-4-3-5-7-10)16(21-20)12-8-9-13(17)14(18)15(12)19/h3-9,11,16,21H,2,20H2,1H3. The SMILES string of the molecule is CCC(c1ccccc1)C(NN)c1ccc(Br)c(Cl)c1F. The number of benzene rings is 2. The van der Waals surface area contributed by atoms with Crippen LogP contribution in [0.3, 0.4) is 0 Å². The third kappa shape index (κ3) is 3.46. The normalized spacial score (nSPS) is 14.0. The number of nitrogens with one attached hydrogen (secondary N) is 1. The van der Waals surface area contributed by atoms with Crippen LogP contribution in [0.15, 0.2) is 46.9 Å². The van der Waals surface area contributed by atoms with E-state index in [4.69, 9.17) is 17.4 Å². The Labute approximate surface area is 137 Å². The van der Waals surface area contributed by atoms with E-state index in [1.54, 1.807) is 12.1 Å². The number of hydrogen-bond donors (Lipinski definition) is 2. The van der Waals surface area contributed by atoms with Crippen molar-refractivity contribution in [1.82, 2.24) is 5.43 Å². The number of halogens is 3. The highest BCUT2D eigenvalue weighted by atomic mass is 79.9. The molecule has 0 amide bonds. The average molecular weight is 372 g/mol. The Morgan fingerprint density at radius 2 is 1.90 bits per heavy atom. The highest BCUT2D eigenvalue weighted by Gasteiger charge is 2.26. The van der Waals surface area contributed by atoms with Crippen molar-refractivity contribution in [2.75, 3.05) is 0 Å². The summed E-state index contributed by atoms with van der Waals surface area (Å²) < 4.78 is 15.0. The second-order valence-corrected chi connectivity index (χ2v) is 6.07. The van der Waals surface area contributed by atoms with Crippen molar-refractivity contribution < 1.29 is 4.39 Å². The molecule has 2 aromatic carbocycles. The van der Waals surface area contributed by atoms with Gasteiger partial charge in [0.1, 0.15) is 5.82 Å². The van der Waals surface area contributed by atoms with E-state index in [1.165, 1.54) is 0 Å². The van der Waals surface area contributed by atoms with E-state index in [0.29, 0.717) is 10.0 Å². The van der Waals surface area contributed by atoms with Gasteiger partial charge < -0.3 is 0 Å². The van der Waals surface area contributed by atoms with E-state index < -0.39 is 5.82 Å². The third-order valence-corrected chi connectivity index (χ3v) is 4.91. The van der Waals surface area contributed by atoms with Crippen molar-refractivity contribution in [3.05, 3.63) is 68.9 Å². The minimum Gasteiger partial charge on any atom is -0.271 e. The summed E-state index contributed by atoms with van der Waals surface area (Å²) in [7, 11) is 0. The molecule has 0 fully saturated rings. The molecule has 2 aromatic rings. The first-order chi connectivity index (χ1) is 10.1. The van der Waals surface area contributed by atoms with Crippen LogP contribution in [-0.2, 0) is 0 Å². The first-order valence-corrected chi connectivity index (χ1v) is 7.91. The highest BCUT2D eigenvalue weighted by Crippen LogP contribution is 2.37. The summed E-state index contributed by atoms with van der Waals surface area (Å²) >= 11 is 9.21.